The molecule has 1 aromatic carbocycles. The van der Waals surface area contributed by atoms with Crippen LogP contribution in [-0.4, -0.2) is 36.3 Å². The lowest BCUT2D eigenvalue weighted by atomic mass is 10.1. The number of benzene rings is 1. The van der Waals surface area contributed by atoms with Gasteiger partial charge >= 0.3 is 0 Å². The molecular formula is C16H24ClN3O2. The predicted molar refractivity (Wildman–Crippen MR) is 88.5 cm³/mol. The number of nitrogens with zero attached hydrogens (tertiary/aromatic N) is 1. The van der Waals surface area contributed by atoms with E-state index in [2.05, 4.69) is 5.32 Å². The smallest absolute Gasteiger partial charge is 0.242 e. The van der Waals surface area contributed by atoms with Crippen LogP contribution in [0, 0.1) is 5.92 Å². The van der Waals surface area contributed by atoms with Crippen molar-refractivity contribution in [3.05, 3.63) is 34.9 Å². The number of hydrogen-bond donors (Lipinski definition) is 2. The van der Waals surface area contributed by atoms with Crippen molar-refractivity contribution in [2.24, 2.45) is 11.7 Å². The second-order valence-corrected chi connectivity index (χ2v) is 6.16. The number of likely N-dealkylation sites (N-methyl/N-ethyl adjacent to an activating group) is 1. The maximum absolute atomic E-state index is 12.2. The number of carbonyl (C=O) groups excluding carboxylic acids is 2. The third kappa shape index (κ3) is 5.00. The molecule has 0 aliphatic rings. The average Bonchev–Trinajstić information content (AvgIpc) is 2.49. The van der Waals surface area contributed by atoms with E-state index in [0.29, 0.717) is 5.02 Å². The van der Waals surface area contributed by atoms with Gasteiger partial charge in [-0.25, -0.2) is 0 Å². The Hall–Kier alpha value is -1.59. The minimum Gasteiger partial charge on any atom is -0.346 e. The summed E-state index contributed by atoms with van der Waals surface area (Å²) in [6.45, 7) is 5.56. The third-order valence-corrected chi connectivity index (χ3v) is 3.98. The molecule has 1 unspecified atom stereocenters. The van der Waals surface area contributed by atoms with Gasteiger partial charge in [0.25, 0.3) is 0 Å². The van der Waals surface area contributed by atoms with Crippen LogP contribution in [0.2, 0.25) is 5.02 Å². The minimum atomic E-state index is -0.608. The lowest BCUT2D eigenvalue weighted by molar-refractivity contribution is -0.133. The van der Waals surface area contributed by atoms with Gasteiger partial charge in [0, 0.05) is 12.1 Å². The molecule has 0 saturated carbocycles. The normalized spacial score (nSPS) is 13.6. The van der Waals surface area contributed by atoms with E-state index >= 15 is 0 Å². The van der Waals surface area contributed by atoms with Crippen molar-refractivity contribution in [2.75, 3.05) is 13.6 Å². The first-order valence-electron chi connectivity index (χ1n) is 7.28. The van der Waals surface area contributed by atoms with E-state index in [1.165, 1.54) is 0 Å². The Morgan fingerprint density at radius 2 is 1.95 bits per heavy atom. The van der Waals surface area contributed by atoms with Gasteiger partial charge in [0.05, 0.1) is 18.6 Å². The van der Waals surface area contributed by atoms with E-state index in [-0.39, 0.29) is 30.3 Å². The highest BCUT2D eigenvalue weighted by atomic mass is 35.5. The van der Waals surface area contributed by atoms with E-state index in [0.717, 1.165) is 5.56 Å². The number of nitrogens with one attached hydrogen (secondary N) is 1. The molecule has 0 spiro atoms. The zero-order valence-electron chi connectivity index (χ0n) is 13.5. The molecule has 2 amide bonds. The maximum atomic E-state index is 12.2. The molecule has 6 heteroatoms. The van der Waals surface area contributed by atoms with Crippen molar-refractivity contribution in [1.82, 2.24) is 10.2 Å². The Kier molecular flexibility index (Phi) is 6.84. The summed E-state index contributed by atoms with van der Waals surface area (Å²) < 4.78 is 0. The van der Waals surface area contributed by atoms with E-state index < -0.39 is 6.04 Å². The van der Waals surface area contributed by atoms with Gasteiger partial charge in [-0.15, -0.1) is 0 Å². The highest BCUT2D eigenvalue weighted by molar-refractivity contribution is 6.30. The van der Waals surface area contributed by atoms with Gasteiger partial charge in [0.2, 0.25) is 11.8 Å². The lowest BCUT2D eigenvalue weighted by Gasteiger charge is -2.26. The fraction of sp³-hybridized carbons (Fsp3) is 0.500. The van der Waals surface area contributed by atoms with E-state index in [1.54, 1.807) is 18.0 Å². The standard InChI is InChI=1S/C16H24ClN3O2/c1-10(2)15(18)16(22)19-9-14(21)20(4)11(3)12-6-5-7-13(17)8-12/h5-8,10-11,15H,9,18H2,1-4H3,(H,19,22)/t11?,15-/m0/s1. The van der Waals surface area contributed by atoms with Gasteiger partial charge in [0.1, 0.15) is 0 Å². The molecule has 3 N–H and O–H groups in total. The van der Waals surface area contributed by atoms with Crippen molar-refractivity contribution >= 4 is 23.4 Å². The van der Waals surface area contributed by atoms with Crippen molar-refractivity contribution < 1.29 is 9.59 Å². The fourth-order valence-corrected chi connectivity index (χ4v) is 2.11. The Balaban J connectivity index is 2.60. The summed E-state index contributed by atoms with van der Waals surface area (Å²) in [5.74, 6) is -0.470. The number of rotatable bonds is 6. The Morgan fingerprint density at radius 3 is 2.50 bits per heavy atom. The molecule has 0 bridgehead atoms. The SMILES string of the molecule is CC(C)[C@H](N)C(=O)NCC(=O)N(C)C(C)c1cccc(Cl)c1. The van der Waals surface area contributed by atoms with Crippen LogP contribution in [0.5, 0.6) is 0 Å². The molecule has 1 rings (SSSR count). The van der Waals surface area contributed by atoms with E-state index in [9.17, 15) is 9.59 Å². The monoisotopic (exact) mass is 325 g/mol. The van der Waals surface area contributed by atoms with Gasteiger partial charge < -0.3 is 16.0 Å². The Bertz CT molecular complexity index is 534. The van der Waals surface area contributed by atoms with Crippen LogP contribution >= 0.6 is 11.6 Å². The van der Waals surface area contributed by atoms with Crippen molar-refractivity contribution in [1.29, 1.82) is 0 Å². The summed E-state index contributed by atoms with van der Waals surface area (Å²) in [4.78, 5) is 25.5. The molecule has 1 aromatic rings. The summed E-state index contributed by atoms with van der Waals surface area (Å²) in [6, 6.07) is 6.62. The van der Waals surface area contributed by atoms with Crippen LogP contribution in [0.3, 0.4) is 0 Å². The molecule has 0 fully saturated rings. The van der Waals surface area contributed by atoms with Gasteiger partial charge in [-0.3, -0.25) is 9.59 Å². The summed E-state index contributed by atoms with van der Waals surface area (Å²) in [5, 5.41) is 3.21. The van der Waals surface area contributed by atoms with Gasteiger partial charge in [-0.05, 0) is 30.5 Å². The molecule has 0 aliphatic heterocycles. The van der Waals surface area contributed by atoms with Crippen molar-refractivity contribution in [2.45, 2.75) is 32.9 Å². The minimum absolute atomic E-state index is 0.0261. The van der Waals surface area contributed by atoms with Crippen LogP contribution in [0.25, 0.3) is 0 Å². The third-order valence-electron chi connectivity index (χ3n) is 3.74. The van der Waals surface area contributed by atoms with Gasteiger partial charge in [0.15, 0.2) is 0 Å². The molecule has 0 radical (unpaired) electrons. The first-order valence-corrected chi connectivity index (χ1v) is 7.66. The quantitative estimate of drug-likeness (QED) is 0.839. The zero-order valence-corrected chi connectivity index (χ0v) is 14.2. The summed E-state index contributed by atoms with van der Waals surface area (Å²) in [7, 11) is 1.70. The zero-order chi connectivity index (χ0) is 16.9. The van der Waals surface area contributed by atoms with Crippen LogP contribution in [0.1, 0.15) is 32.4 Å². The van der Waals surface area contributed by atoms with Gasteiger partial charge in [-0.1, -0.05) is 37.6 Å². The topological polar surface area (TPSA) is 75.4 Å². The number of amides is 2. The number of carbonyl (C=O) groups is 2. The van der Waals surface area contributed by atoms with Crippen LogP contribution in [0.15, 0.2) is 24.3 Å². The second kappa shape index (κ2) is 8.15. The lowest BCUT2D eigenvalue weighted by Crippen LogP contribution is -2.47. The largest absolute Gasteiger partial charge is 0.346 e. The molecule has 0 heterocycles. The summed E-state index contributed by atoms with van der Waals surface area (Å²) in [5.41, 5.74) is 6.68. The number of halogens is 1. The molecular weight excluding hydrogens is 302 g/mol. The maximum Gasteiger partial charge on any atom is 0.242 e. The van der Waals surface area contributed by atoms with Crippen LogP contribution in [0.4, 0.5) is 0 Å². The molecule has 0 aromatic heterocycles. The average molecular weight is 326 g/mol. The van der Waals surface area contributed by atoms with E-state index in [1.807, 2.05) is 39.0 Å². The first-order chi connectivity index (χ1) is 10.2. The number of nitrogens with two attached hydrogens (primary N) is 1. The molecule has 122 valence electrons. The highest BCUT2D eigenvalue weighted by Crippen LogP contribution is 2.21. The molecule has 0 aliphatic carbocycles. The van der Waals surface area contributed by atoms with Crippen LogP contribution < -0.4 is 11.1 Å². The van der Waals surface area contributed by atoms with Crippen LogP contribution in [-0.2, 0) is 9.59 Å². The predicted octanol–water partition coefficient (Wildman–Crippen LogP) is 1.96. The molecule has 22 heavy (non-hydrogen) atoms. The molecule has 2 atom stereocenters. The highest BCUT2D eigenvalue weighted by Gasteiger charge is 2.21. The fourth-order valence-electron chi connectivity index (χ4n) is 1.91. The summed E-state index contributed by atoms with van der Waals surface area (Å²) >= 11 is 5.97. The Morgan fingerprint density at radius 1 is 1.32 bits per heavy atom. The summed E-state index contributed by atoms with van der Waals surface area (Å²) in [6.07, 6.45) is 0. The molecule has 0 saturated heterocycles. The second-order valence-electron chi connectivity index (χ2n) is 5.72. The van der Waals surface area contributed by atoms with Gasteiger partial charge in [-0.2, -0.15) is 0 Å². The Labute approximate surface area is 136 Å². The first kappa shape index (κ1) is 18.5. The van der Waals surface area contributed by atoms with Crippen molar-refractivity contribution in [3.8, 4) is 0 Å². The molecule has 5 nitrogen and oxygen atoms in total. The van der Waals surface area contributed by atoms with Crippen molar-refractivity contribution in [3.63, 3.8) is 0 Å². The van der Waals surface area contributed by atoms with E-state index in [4.69, 9.17) is 17.3 Å². The number of hydrogen-bond acceptors (Lipinski definition) is 3.